The number of ether oxygens (including phenoxy) is 1. The second-order valence-electron chi connectivity index (χ2n) is 9.51. The molecule has 4 aromatic rings. The van der Waals surface area contributed by atoms with Crippen LogP contribution in [0.1, 0.15) is 35.5 Å². The van der Waals surface area contributed by atoms with E-state index in [2.05, 4.69) is 20.4 Å². The summed E-state index contributed by atoms with van der Waals surface area (Å²) in [6.07, 6.45) is 2.21. The molecule has 1 atom stereocenters. The van der Waals surface area contributed by atoms with Crippen molar-refractivity contribution >= 4 is 17.5 Å². The van der Waals surface area contributed by atoms with E-state index in [9.17, 15) is 9.18 Å². The van der Waals surface area contributed by atoms with Crippen LogP contribution in [-0.2, 0) is 11.2 Å². The molecule has 0 bridgehead atoms. The van der Waals surface area contributed by atoms with Gasteiger partial charge in [-0.15, -0.1) is 5.10 Å². The van der Waals surface area contributed by atoms with E-state index in [1.807, 2.05) is 25.9 Å². The number of H-pyrrole nitrogens is 1. The minimum absolute atomic E-state index is 0.0623. The van der Waals surface area contributed by atoms with Gasteiger partial charge in [0.15, 0.2) is 29.9 Å². The molecule has 0 spiro atoms. The van der Waals surface area contributed by atoms with Crippen LogP contribution in [0.2, 0.25) is 0 Å². The van der Waals surface area contributed by atoms with Crippen LogP contribution in [-0.4, -0.2) is 75.5 Å². The van der Waals surface area contributed by atoms with Crippen molar-refractivity contribution < 1.29 is 23.4 Å². The van der Waals surface area contributed by atoms with Crippen LogP contribution in [0.4, 0.5) is 14.5 Å². The molecule has 2 heterocycles. The highest BCUT2D eigenvalue weighted by Gasteiger charge is 2.26. The average Bonchev–Trinajstić information content (AvgIpc) is 3.38. The number of likely N-dealkylation sites (N-methyl/N-ethyl adjacent to an activating group) is 1. The van der Waals surface area contributed by atoms with Crippen LogP contribution in [0.3, 0.4) is 0 Å². The Morgan fingerprint density at radius 3 is 2.49 bits per heavy atom. The quantitative estimate of drug-likeness (QED) is 0.122. The smallest absolute Gasteiger partial charge is 0.349 e. The first kappa shape index (κ1) is 32.4. The number of carboxylic acid groups (broad SMARTS) is 1. The Kier molecular flexibility index (Phi) is 11.5. The normalized spacial score (nSPS) is 11.4. The first-order valence-corrected chi connectivity index (χ1v) is 13.2. The minimum Gasteiger partial charge on any atom is -0.489 e. The number of carbonyl (C=O) groups is 1. The molecule has 12 nitrogen and oxygen atoms in total. The van der Waals surface area contributed by atoms with E-state index in [-0.39, 0.29) is 23.0 Å². The lowest BCUT2D eigenvalue weighted by Crippen LogP contribution is -2.21. The fraction of sp³-hybridized carbons (Fsp3) is 0.276. The van der Waals surface area contributed by atoms with E-state index in [0.29, 0.717) is 36.6 Å². The number of nitrogens with two attached hydrogens (primary N) is 1. The molecule has 0 fully saturated rings. The lowest BCUT2D eigenvalue weighted by Gasteiger charge is -2.21. The molecule has 6 N–H and O–H groups in total. The zero-order valence-electron chi connectivity index (χ0n) is 24.0. The number of benzene rings is 2. The summed E-state index contributed by atoms with van der Waals surface area (Å²) < 4.78 is 33.5. The number of pyridine rings is 1. The van der Waals surface area contributed by atoms with Crippen molar-refractivity contribution in [3.63, 3.8) is 0 Å². The lowest BCUT2D eigenvalue weighted by molar-refractivity contribution is -0.137. The van der Waals surface area contributed by atoms with Gasteiger partial charge in [0.25, 0.3) is 0 Å². The lowest BCUT2D eigenvalue weighted by atomic mass is 10.00. The number of hydrogen-bond acceptors (Lipinski definition) is 8. The van der Waals surface area contributed by atoms with E-state index in [4.69, 9.17) is 25.8 Å². The van der Waals surface area contributed by atoms with E-state index in [1.165, 1.54) is 0 Å². The zero-order valence-corrected chi connectivity index (χ0v) is 24.0. The van der Waals surface area contributed by atoms with Gasteiger partial charge in [0.1, 0.15) is 18.5 Å². The number of aryl methyl sites for hydroxylation is 1. The number of hydrogen-bond donors (Lipinski definition) is 5. The summed E-state index contributed by atoms with van der Waals surface area (Å²) >= 11 is 0. The second-order valence-corrected chi connectivity index (χ2v) is 9.51. The number of nitrogens with one attached hydrogen (secondary N) is 3. The summed E-state index contributed by atoms with van der Waals surface area (Å²) in [4.78, 5) is 30.8. The molecule has 0 amide bonds. The van der Waals surface area contributed by atoms with Gasteiger partial charge in [-0.2, -0.15) is 4.68 Å². The molecule has 4 rings (SSSR count). The van der Waals surface area contributed by atoms with E-state index in [0.717, 1.165) is 10.2 Å². The number of aliphatic carboxylic acids is 1. The highest BCUT2D eigenvalue weighted by Crippen LogP contribution is 2.32. The molecule has 1 unspecified atom stereocenters. The van der Waals surface area contributed by atoms with E-state index >= 15 is 4.39 Å². The van der Waals surface area contributed by atoms with Gasteiger partial charge in [0.05, 0.1) is 0 Å². The van der Waals surface area contributed by atoms with Crippen molar-refractivity contribution in [1.82, 2.24) is 24.6 Å². The number of nitrogens with zero attached hydrogens (tertiary/aromatic N) is 4. The van der Waals surface area contributed by atoms with Crippen molar-refractivity contribution in [1.29, 1.82) is 5.41 Å². The standard InChI is InChI=1S/C27H31FN8O2.C2H3FO2/c1-4-17-15-20(23(28)21(16-17)38-14-13-35(2)3)24(32-19-10-8-18(9-11-19)25(29)30)26-33-27(37)36(34-26)22-7-5-6-12-31-22;3-1-2(4)5/h5-12,15-16,24,32H,4,13-14H2,1-3H3,(H3,29,30)(H,33,34,37);1H2,(H,4,5). The van der Waals surface area contributed by atoms with Gasteiger partial charge in [0.2, 0.25) is 0 Å². The topological polar surface area (TPSA) is 175 Å². The fourth-order valence-corrected chi connectivity index (χ4v) is 3.85. The maximum atomic E-state index is 16.0. The number of alkyl halides is 1. The van der Waals surface area contributed by atoms with Crippen LogP contribution < -0.4 is 21.5 Å². The van der Waals surface area contributed by atoms with Gasteiger partial charge in [-0.3, -0.25) is 10.4 Å². The summed E-state index contributed by atoms with van der Waals surface area (Å²) in [7, 11) is 3.83. The number of aromatic amines is 1. The van der Waals surface area contributed by atoms with Crippen LogP contribution in [0.5, 0.6) is 5.75 Å². The third-order valence-corrected chi connectivity index (χ3v) is 6.04. The Balaban J connectivity index is 0.000000934. The number of anilines is 1. The maximum Gasteiger partial charge on any atom is 0.349 e. The summed E-state index contributed by atoms with van der Waals surface area (Å²) in [6.45, 7) is 1.63. The molecule has 43 heavy (non-hydrogen) atoms. The maximum absolute atomic E-state index is 16.0. The molecule has 0 radical (unpaired) electrons. The number of amidine groups is 1. The first-order valence-electron chi connectivity index (χ1n) is 13.2. The molecule has 0 saturated carbocycles. The number of halogens is 2. The van der Waals surface area contributed by atoms with E-state index < -0.39 is 30.2 Å². The number of aromatic nitrogens is 4. The Hall–Kier alpha value is -5.11. The Labute approximate surface area is 246 Å². The molecule has 0 aliphatic rings. The molecule has 0 aliphatic heterocycles. The minimum atomic E-state index is -1.41. The van der Waals surface area contributed by atoms with Gasteiger partial charge < -0.3 is 25.8 Å². The van der Waals surface area contributed by atoms with Gasteiger partial charge >= 0.3 is 11.7 Å². The van der Waals surface area contributed by atoms with Crippen molar-refractivity contribution in [2.75, 3.05) is 39.2 Å². The van der Waals surface area contributed by atoms with Crippen molar-refractivity contribution in [2.24, 2.45) is 5.73 Å². The third kappa shape index (κ3) is 8.94. The van der Waals surface area contributed by atoms with Gasteiger partial charge in [-0.1, -0.05) is 19.1 Å². The predicted octanol–water partition coefficient (Wildman–Crippen LogP) is 3.12. The molecule has 0 saturated heterocycles. The SMILES string of the molecule is CCc1cc(OCCN(C)C)c(F)c(C(Nc2ccc(C(=N)N)cc2)c2nn(-c3ccccn3)c(=O)[nH]2)c1.O=C(O)CF. The van der Waals surface area contributed by atoms with Crippen LogP contribution in [0.25, 0.3) is 5.82 Å². The second kappa shape index (κ2) is 15.2. The predicted molar refractivity (Wildman–Crippen MR) is 158 cm³/mol. The molecule has 2 aromatic heterocycles. The molecule has 14 heteroatoms. The van der Waals surface area contributed by atoms with Crippen molar-refractivity contribution in [3.8, 4) is 11.6 Å². The summed E-state index contributed by atoms with van der Waals surface area (Å²) in [5.74, 6) is -1.36. The fourth-order valence-electron chi connectivity index (χ4n) is 3.85. The summed E-state index contributed by atoms with van der Waals surface area (Å²) in [5.41, 5.74) is 7.38. The monoisotopic (exact) mass is 596 g/mol. The zero-order chi connectivity index (χ0) is 31.5. The highest BCUT2D eigenvalue weighted by atomic mass is 19.1. The van der Waals surface area contributed by atoms with Crippen LogP contribution in [0.15, 0.2) is 65.6 Å². The molecule has 2 aromatic carbocycles. The van der Waals surface area contributed by atoms with E-state index in [1.54, 1.807) is 60.8 Å². The number of nitrogen functional groups attached to an aromatic ring is 1. The molecular weight excluding hydrogens is 562 g/mol. The summed E-state index contributed by atoms with van der Waals surface area (Å²) in [6, 6.07) is 14.5. The largest absolute Gasteiger partial charge is 0.489 e. The molecule has 228 valence electrons. The Morgan fingerprint density at radius 1 is 1.23 bits per heavy atom. The average molecular weight is 597 g/mol. The van der Waals surface area contributed by atoms with Crippen molar-refractivity contribution in [2.45, 2.75) is 19.4 Å². The molecular formula is C29H34F2N8O4. The third-order valence-electron chi connectivity index (χ3n) is 6.04. The van der Waals surface area contributed by atoms with Gasteiger partial charge in [-0.25, -0.2) is 23.4 Å². The van der Waals surface area contributed by atoms with Gasteiger partial charge in [-0.05, 0) is 68.5 Å². The Bertz CT molecular complexity index is 1570. The first-order chi connectivity index (χ1) is 20.5. The van der Waals surface area contributed by atoms with Crippen LogP contribution >= 0.6 is 0 Å². The van der Waals surface area contributed by atoms with Crippen LogP contribution in [0, 0.1) is 11.2 Å². The Morgan fingerprint density at radius 2 is 1.93 bits per heavy atom. The highest BCUT2D eigenvalue weighted by molar-refractivity contribution is 5.95. The summed E-state index contributed by atoms with van der Waals surface area (Å²) in [5, 5.41) is 22.7. The number of rotatable bonds is 12. The van der Waals surface area contributed by atoms with Gasteiger partial charge in [0, 0.05) is 29.6 Å². The molecule has 0 aliphatic carbocycles. The van der Waals surface area contributed by atoms with Crippen molar-refractivity contribution in [3.05, 3.63) is 99.6 Å². The number of carboxylic acids is 1.